The molecule has 2 N–H and O–H groups in total. The predicted octanol–water partition coefficient (Wildman–Crippen LogP) is 1.78. The average Bonchev–Trinajstić information content (AvgIpc) is 3.32. The highest BCUT2D eigenvalue weighted by molar-refractivity contribution is 7.13. The number of carbonyl (C=O) groups is 2. The summed E-state index contributed by atoms with van der Waals surface area (Å²) < 4.78 is 6.83. The van der Waals surface area contributed by atoms with Crippen molar-refractivity contribution in [1.29, 1.82) is 0 Å². The Morgan fingerprint density at radius 1 is 1.44 bits per heavy atom. The van der Waals surface area contributed by atoms with E-state index in [9.17, 15) is 9.59 Å². The lowest BCUT2D eigenvalue weighted by Crippen LogP contribution is -2.55. The lowest BCUT2D eigenvalue weighted by Gasteiger charge is -2.37. The molecule has 146 valence electrons. The molecule has 1 fully saturated rings. The highest BCUT2D eigenvalue weighted by atomic mass is 32.1. The van der Waals surface area contributed by atoms with Crippen LogP contribution in [-0.2, 0) is 15.1 Å². The molecule has 27 heavy (non-hydrogen) atoms. The van der Waals surface area contributed by atoms with Crippen LogP contribution >= 0.6 is 11.3 Å². The van der Waals surface area contributed by atoms with Gasteiger partial charge in [0.15, 0.2) is 0 Å². The first kappa shape index (κ1) is 19.5. The van der Waals surface area contributed by atoms with Crippen molar-refractivity contribution in [3.63, 3.8) is 0 Å². The van der Waals surface area contributed by atoms with E-state index in [1.807, 2.05) is 19.2 Å². The molecule has 0 radical (unpaired) electrons. The number of ether oxygens (including phenoxy) is 1. The molecule has 1 aliphatic heterocycles. The van der Waals surface area contributed by atoms with Gasteiger partial charge in [0.2, 0.25) is 5.91 Å². The summed E-state index contributed by atoms with van der Waals surface area (Å²) in [6, 6.07) is 1.52. The van der Waals surface area contributed by atoms with Gasteiger partial charge in [-0.25, -0.2) is 9.78 Å². The number of nitrogens with zero attached hydrogens (tertiary/aromatic N) is 3. The van der Waals surface area contributed by atoms with Crippen LogP contribution in [0.1, 0.15) is 53.1 Å². The van der Waals surface area contributed by atoms with Gasteiger partial charge in [-0.3, -0.25) is 9.48 Å². The molecular formula is C18H25N5O3S. The van der Waals surface area contributed by atoms with Crippen LogP contribution in [0.2, 0.25) is 0 Å². The van der Waals surface area contributed by atoms with E-state index in [1.54, 1.807) is 24.7 Å². The molecule has 1 unspecified atom stereocenters. The Morgan fingerprint density at radius 2 is 2.19 bits per heavy atom. The van der Waals surface area contributed by atoms with Crippen LogP contribution in [0.3, 0.4) is 0 Å². The number of hydrogen-bond donors (Lipinski definition) is 2. The van der Waals surface area contributed by atoms with Gasteiger partial charge in [0.1, 0.15) is 15.4 Å². The first-order valence-corrected chi connectivity index (χ1v) is 9.96. The van der Waals surface area contributed by atoms with Crippen molar-refractivity contribution in [2.45, 2.75) is 45.2 Å². The molecule has 1 aliphatic rings. The maximum atomic E-state index is 13.2. The molecule has 0 bridgehead atoms. The molecule has 1 atom stereocenters. The number of aromatic nitrogens is 3. The summed E-state index contributed by atoms with van der Waals surface area (Å²) in [5.74, 6) is -0.450. The van der Waals surface area contributed by atoms with Crippen LogP contribution in [0.15, 0.2) is 18.5 Å². The van der Waals surface area contributed by atoms with E-state index in [-0.39, 0.29) is 17.9 Å². The summed E-state index contributed by atoms with van der Waals surface area (Å²) in [6.45, 7) is 7.25. The number of hydrogen-bond acceptors (Lipinski definition) is 7. The Bertz CT molecular complexity index is 796. The number of thiazole rings is 1. The van der Waals surface area contributed by atoms with Crippen LogP contribution in [0.4, 0.5) is 0 Å². The number of amides is 1. The summed E-state index contributed by atoms with van der Waals surface area (Å²) in [7, 11) is 0. The van der Waals surface area contributed by atoms with E-state index in [0.717, 1.165) is 13.1 Å². The van der Waals surface area contributed by atoms with Gasteiger partial charge in [-0.2, -0.15) is 5.10 Å². The first-order valence-electron chi connectivity index (χ1n) is 9.14. The maximum absolute atomic E-state index is 13.2. The van der Waals surface area contributed by atoms with Crippen LogP contribution in [-0.4, -0.2) is 46.3 Å². The van der Waals surface area contributed by atoms with Crippen LogP contribution in [0, 0.1) is 6.92 Å². The van der Waals surface area contributed by atoms with Gasteiger partial charge in [0.05, 0.1) is 18.3 Å². The summed E-state index contributed by atoms with van der Waals surface area (Å²) >= 11 is 1.27. The molecule has 1 saturated heterocycles. The van der Waals surface area contributed by atoms with E-state index >= 15 is 0 Å². The summed E-state index contributed by atoms with van der Waals surface area (Å²) in [4.78, 5) is 30.2. The largest absolute Gasteiger partial charge is 0.462 e. The molecule has 0 saturated carbocycles. The number of piperidine rings is 1. The Kier molecular flexibility index (Phi) is 5.91. The van der Waals surface area contributed by atoms with Gasteiger partial charge in [-0.15, -0.1) is 11.3 Å². The number of nitrogens with one attached hydrogen (secondary N) is 2. The Hall–Kier alpha value is -2.26. The Morgan fingerprint density at radius 3 is 2.81 bits per heavy atom. The third-order valence-electron chi connectivity index (χ3n) is 4.79. The van der Waals surface area contributed by atoms with Crippen molar-refractivity contribution in [2.24, 2.45) is 0 Å². The monoisotopic (exact) mass is 391 g/mol. The fourth-order valence-corrected chi connectivity index (χ4v) is 4.27. The molecule has 3 heterocycles. The Labute approximate surface area is 162 Å². The molecule has 0 aliphatic carbocycles. The summed E-state index contributed by atoms with van der Waals surface area (Å²) in [6.07, 6.45) is 4.86. The highest BCUT2D eigenvalue weighted by Crippen LogP contribution is 2.30. The molecule has 2 aromatic rings. The third kappa shape index (κ3) is 3.89. The van der Waals surface area contributed by atoms with E-state index in [2.05, 4.69) is 20.7 Å². The van der Waals surface area contributed by atoms with Crippen molar-refractivity contribution in [1.82, 2.24) is 25.4 Å². The normalized spacial score (nSPS) is 17.3. The fraction of sp³-hybridized carbons (Fsp3) is 0.556. The highest BCUT2D eigenvalue weighted by Gasteiger charge is 2.42. The number of rotatable bonds is 6. The van der Waals surface area contributed by atoms with Crippen LogP contribution in [0.25, 0.3) is 0 Å². The van der Waals surface area contributed by atoms with Gasteiger partial charge >= 0.3 is 5.97 Å². The smallest absolute Gasteiger partial charge is 0.350 e. The number of aryl methyl sites for hydroxylation is 1. The minimum atomic E-state index is -0.709. The maximum Gasteiger partial charge on any atom is 0.350 e. The van der Waals surface area contributed by atoms with Gasteiger partial charge in [-0.1, -0.05) is 0 Å². The minimum Gasteiger partial charge on any atom is -0.462 e. The van der Waals surface area contributed by atoms with Gasteiger partial charge < -0.3 is 15.4 Å². The van der Waals surface area contributed by atoms with E-state index in [0.29, 0.717) is 35.0 Å². The molecule has 8 nitrogen and oxygen atoms in total. The quantitative estimate of drug-likeness (QED) is 0.729. The lowest BCUT2D eigenvalue weighted by atomic mass is 9.87. The molecule has 1 amide bonds. The van der Waals surface area contributed by atoms with Gasteiger partial charge in [-0.05, 0) is 52.8 Å². The predicted molar refractivity (Wildman–Crippen MR) is 102 cm³/mol. The van der Waals surface area contributed by atoms with E-state index < -0.39 is 5.54 Å². The second-order valence-electron chi connectivity index (χ2n) is 6.61. The molecule has 2 aromatic heterocycles. The minimum absolute atomic E-state index is 0.0780. The van der Waals surface area contributed by atoms with E-state index in [1.165, 1.54) is 11.3 Å². The van der Waals surface area contributed by atoms with E-state index in [4.69, 9.17) is 4.74 Å². The third-order valence-corrected chi connectivity index (χ3v) is 6.11. The average molecular weight is 391 g/mol. The zero-order valence-electron chi connectivity index (χ0n) is 15.8. The van der Waals surface area contributed by atoms with Crippen molar-refractivity contribution in [3.8, 4) is 0 Å². The zero-order valence-corrected chi connectivity index (χ0v) is 16.6. The van der Waals surface area contributed by atoms with Gasteiger partial charge in [0, 0.05) is 12.4 Å². The molecule has 0 spiro atoms. The first-order chi connectivity index (χ1) is 13.0. The SMILES string of the molecule is CCOC(=O)c1sc(C(C)NC(=O)C2(n3cccn3)CCNCC2)nc1C. The molecule has 0 aromatic carbocycles. The van der Waals surface area contributed by atoms with Crippen LogP contribution < -0.4 is 10.6 Å². The second-order valence-corrected chi connectivity index (χ2v) is 7.65. The molecular weight excluding hydrogens is 366 g/mol. The fourth-order valence-electron chi connectivity index (χ4n) is 3.30. The van der Waals surface area contributed by atoms with Gasteiger partial charge in [0.25, 0.3) is 0 Å². The summed E-state index contributed by atoms with van der Waals surface area (Å²) in [5, 5.41) is 11.4. The number of esters is 1. The van der Waals surface area contributed by atoms with Crippen molar-refractivity contribution in [2.75, 3.05) is 19.7 Å². The van der Waals surface area contributed by atoms with Crippen LogP contribution in [0.5, 0.6) is 0 Å². The van der Waals surface area contributed by atoms with Crippen molar-refractivity contribution >= 4 is 23.2 Å². The standard InChI is InChI=1S/C18H25N5O3S/c1-4-26-16(24)14-12(2)21-15(27-14)13(3)22-17(25)18(6-9-19-10-7-18)23-11-5-8-20-23/h5,8,11,13,19H,4,6-7,9-10H2,1-3H3,(H,22,25). The summed E-state index contributed by atoms with van der Waals surface area (Å²) in [5.41, 5.74) is -0.0857. The lowest BCUT2D eigenvalue weighted by molar-refractivity contribution is -0.132. The van der Waals surface area contributed by atoms with Crippen molar-refractivity contribution in [3.05, 3.63) is 34.0 Å². The topological polar surface area (TPSA) is 98.1 Å². The number of carbonyl (C=O) groups excluding carboxylic acids is 2. The molecule has 9 heteroatoms. The molecule has 3 rings (SSSR count). The Balaban J connectivity index is 1.78. The second kappa shape index (κ2) is 8.18. The van der Waals surface area contributed by atoms with Crippen molar-refractivity contribution < 1.29 is 14.3 Å². The zero-order chi connectivity index (χ0) is 19.4.